The molecule has 208 valence electrons. The fourth-order valence-electron chi connectivity index (χ4n) is 6.91. The molecule has 5 rings (SSSR count). The van der Waals surface area contributed by atoms with Crippen LogP contribution in [0.5, 0.6) is 0 Å². The Morgan fingerprint density at radius 2 is 1.90 bits per heavy atom. The van der Waals surface area contributed by atoms with Gasteiger partial charge < -0.3 is 20.9 Å². The predicted molar refractivity (Wildman–Crippen MR) is 134 cm³/mol. The zero-order chi connectivity index (χ0) is 28.1. The molecule has 9 nitrogen and oxygen atoms in total. The van der Waals surface area contributed by atoms with Crippen LogP contribution in [0.15, 0.2) is 18.2 Å². The third-order valence-electron chi connectivity index (χ3n) is 9.26. The van der Waals surface area contributed by atoms with Gasteiger partial charge in [0.25, 0.3) is 5.91 Å². The Balaban J connectivity index is 1.43. The largest absolute Gasteiger partial charge is 0.356 e. The molecule has 3 saturated heterocycles. The molecule has 1 saturated carbocycles. The van der Waals surface area contributed by atoms with Crippen LogP contribution in [0, 0.1) is 52.1 Å². The first-order valence-corrected chi connectivity index (χ1v) is 13.6. The van der Waals surface area contributed by atoms with E-state index in [0.29, 0.717) is 38.4 Å². The molecule has 0 radical (unpaired) electrons. The molecular formula is C28H33F2N5O4. The van der Waals surface area contributed by atoms with E-state index in [2.05, 4.69) is 22.0 Å². The Labute approximate surface area is 225 Å². The summed E-state index contributed by atoms with van der Waals surface area (Å²) in [6, 6.07) is 2.00. The van der Waals surface area contributed by atoms with E-state index in [1.54, 1.807) is 0 Å². The number of hydrogen-bond donors (Lipinski definition) is 3. The maximum absolute atomic E-state index is 14.3. The van der Waals surface area contributed by atoms with Crippen LogP contribution in [0.4, 0.5) is 8.78 Å². The number of amides is 4. The maximum atomic E-state index is 14.3. The van der Waals surface area contributed by atoms with Gasteiger partial charge >= 0.3 is 0 Å². The van der Waals surface area contributed by atoms with Gasteiger partial charge in [-0.3, -0.25) is 19.2 Å². The van der Waals surface area contributed by atoms with Crippen molar-refractivity contribution in [1.29, 1.82) is 5.26 Å². The van der Waals surface area contributed by atoms with Gasteiger partial charge in [-0.2, -0.15) is 5.26 Å². The third-order valence-corrected chi connectivity index (χ3v) is 9.26. The van der Waals surface area contributed by atoms with Gasteiger partial charge in [0.05, 0.1) is 11.6 Å². The monoisotopic (exact) mass is 541 g/mol. The molecule has 1 aromatic rings. The van der Waals surface area contributed by atoms with Gasteiger partial charge in [-0.05, 0) is 54.6 Å². The summed E-state index contributed by atoms with van der Waals surface area (Å²) in [5.41, 5.74) is -0.544. The third kappa shape index (κ3) is 4.97. The SMILES string of the molecule is CC1(C)[C@@H]2[C@H]3C(=O)N[C@H](C#N)C[C@@H]4C(=O)NC[C@@H]4CCCC[C@H](NC(=O)c4ccc(F)cc4F)C(=O)N3C[C@@H]21. The Morgan fingerprint density at radius 3 is 2.62 bits per heavy atom. The normalized spacial score (nSPS) is 34.0. The molecule has 3 N–H and O–H groups in total. The molecule has 11 heteroatoms. The number of carbonyl (C=O) groups excluding carboxylic acids is 4. The van der Waals surface area contributed by atoms with E-state index in [1.165, 1.54) is 4.90 Å². The van der Waals surface area contributed by atoms with Crippen molar-refractivity contribution < 1.29 is 28.0 Å². The fraction of sp³-hybridized carbons (Fsp3) is 0.607. The molecule has 4 aliphatic rings. The smallest absolute Gasteiger partial charge is 0.254 e. The Bertz CT molecular complexity index is 1250. The van der Waals surface area contributed by atoms with Crippen molar-refractivity contribution in [3.05, 3.63) is 35.4 Å². The summed E-state index contributed by atoms with van der Waals surface area (Å²) in [5.74, 6) is -4.14. The van der Waals surface area contributed by atoms with Crippen molar-refractivity contribution in [3.63, 3.8) is 0 Å². The Morgan fingerprint density at radius 1 is 1.15 bits per heavy atom. The zero-order valence-electron chi connectivity index (χ0n) is 22.0. The molecule has 1 aliphatic carbocycles. The van der Waals surface area contributed by atoms with Crippen molar-refractivity contribution in [2.75, 3.05) is 13.1 Å². The van der Waals surface area contributed by atoms with Gasteiger partial charge in [-0.1, -0.05) is 26.7 Å². The number of fused-ring (bicyclic) bond motifs is 4. The number of carbonyl (C=O) groups is 4. The van der Waals surface area contributed by atoms with E-state index in [-0.39, 0.29) is 47.5 Å². The number of piperidine rings is 1. The maximum Gasteiger partial charge on any atom is 0.254 e. The fourth-order valence-corrected chi connectivity index (χ4v) is 6.91. The molecule has 39 heavy (non-hydrogen) atoms. The van der Waals surface area contributed by atoms with Crippen molar-refractivity contribution >= 4 is 23.6 Å². The van der Waals surface area contributed by atoms with E-state index < -0.39 is 53.4 Å². The molecule has 0 aromatic heterocycles. The summed E-state index contributed by atoms with van der Waals surface area (Å²) >= 11 is 0. The molecule has 0 unspecified atom stereocenters. The molecule has 4 amide bonds. The zero-order valence-corrected chi connectivity index (χ0v) is 22.0. The lowest BCUT2D eigenvalue weighted by molar-refractivity contribution is -0.142. The van der Waals surface area contributed by atoms with Crippen LogP contribution < -0.4 is 16.0 Å². The number of nitrogens with zero attached hydrogens (tertiary/aromatic N) is 2. The average Bonchev–Trinajstić information content (AvgIpc) is 3.20. The summed E-state index contributed by atoms with van der Waals surface area (Å²) in [6.45, 7) is 4.88. The topological polar surface area (TPSA) is 131 Å². The van der Waals surface area contributed by atoms with Crippen LogP contribution in [-0.2, 0) is 14.4 Å². The first kappa shape index (κ1) is 27.0. The first-order valence-electron chi connectivity index (χ1n) is 13.6. The Kier molecular flexibility index (Phi) is 7.08. The number of benzene rings is 1. The quantitative estimate of drug-likeness (QED) is 0.526. The Hall–Kier alpha value is -3.55. The van der Waals surface area contributed by atoms with Crippen LogP contribution in [-0.4, -0.2) is 59.7 Å². The van der Waals surface area contributed by atoms with Crippen molar-refractivity contribution in [1.82, 2.24) is 20.9 Å². The van der Waals surface area contributed by atoms with E-state index in [1.807, 2.05) is 13.8 Å². The number of halogens is 2. The molecule has 0 spiro atoms. The highest BCUT2D eigenvalue weighted by Crippen LogP contribution is 2.65. The molecule has 0 bridgehead atoms. The lowest BCUT2D eigenvalue weighted by Crippen LogP contribution is -2.57. The summed E-state index contributed by atoms with van der Waals surface area (Å²) in [4.78, 5) is 54.4. The molecular weight excluding hydrogens is 508 g/mol. The summed E-state index contributed by atoms with van der Waals surface area (Å²) in [7, 11) is 0. The van der Waals surface area contributed by atoms with Crippen LogP contribution >= 0.6 is 0 Å². The second-order valence-electron chi connectivity index (χ2n) is 11.9. The minimum atomic E-state index is -1.03. The minimum absolute atomic E-state index is 0.0139. The van der Waals surface area contributed by atoms with Crippen molar-refractivity contribution in [2.24, 2.45) is 29.1 Å². The van der Waals surface area contributed by atoms with Crippen molar-refractivity contribution in [2.45, 2.75) is 64.1 Å². The van der Waals surface area contributed by atoms with E-state index in [0.717, 1.165) is 12.1 Å². The molecule has 3 heterocycles. The molecule has 4 fully saturated rings. The minimum Gasteiger partial charge on any atom is -0.356 e. The lowest BCUT2D eigenvalue weighted by atomic mass is 9.85. The van der Waals surface area contributed by atoms with E-state index in [4.69, 9.17) is 0 Å². The van der Waals surface area contributed by atoms with Gasteiger partial charge in [0.2, 0.25) is 17.7 Å². The lowest BCUT2D eigenvalue weighted by Gasteiger charge is -2.34. The molecule has 7 atom stereocenters. The summed E-state index contributed by atoms with van der Waals surface area (Å²) in [5, 5.41) is 18.1. The molecule has 3 aliphatic heterocycles. The average molecular weight is 542 g/mol. The van der Waals surface area contributed by atoms with Gasteiger partial charge in [-0.25, -0.2) is 8.78 Å². The summed E-state index contributed by atoms with van der Waals surface area (Å²) in [6.07, 6.45) is 2.35. The predicted octanol–water partition coefficient (Wildman–Crippen LogP) is 1.88. The molecule has 1 aromatic carbocycles. The first-order chi connectivity index (χ1) is 18.5. The highest BCUT2D eigenvalue weighted by atomic mass is 19.1. The van der Waals surface area contributed by atoms with Crippen LogP contribution in [0.3, 0.4) is 0 Å². The number of hydrogen-bond acceptors (Lipinski definition) is 5. The van der Waals surface area contributed by atoms with Gasteiger partial charge in [0.1, 0.15) is 29.8 Å². The second-order valence-corrected chi connectivity index (χ2v) is 11.9. The van der Waals surface area contributed by atoms with E-state index >= 15 is 0 Å². The van der Waals surface area contributed by atoms with Gasteiger partial charge in [0.15, 0.2) is 0 Å². The number of rotatable bonds is 2. The second kappa shape index (κ2) is 10.2. The standard InChI is InChI=1S/C28H33F2N5O4/c1-28(2)19-13-35-23(22(19)28)26(38)33-16(11-31)10-18-14(12-32-24(18)36)5-3-4-6-21(27(35)39)34-25(37)17-8-7-15(29)9-20(17)30/h7-9,14,16,18-19,21-23H,3-6,10,12-13H2,1-2H3,(H,32,36)(H,33,38)(H,34,37)/t14-,16-,18-,19-,21-,22-,23-/m0/s1. The summed E-state index contributed by atoms with van der Waals surface area (Å²) < 4.78 is 27.7. The number of nitrogens with one attached hydrogen (secondary N) is 3. The highest BCUT2D eigenvalue weighted by molar-refractivity contribution is 5.99. The van der Waals surface area contributed by atoms with E-state index in [9.17, 15) is 33.2 Å². The number of nitriles is 1. The van der Waals surface area contributed by atoms with Crippen molar-refractivity contribution in [3.8, 4) is 6.07 Å². The van der Waals surface area contributed by atoms with Crippen LogP contribution in [0.2, 0.25) is 0 Å². The van der Waals surface area contributed by atoms with Crippen LogP contribution in [0.25, 0.3) is 0 Å². The van der Waals surface area contributed by atoms with Gasteiger partial charge in [0, 0.05) is 25.1 Å². The van der Waals surface area contributed by atoms with Crippen LogP contribution in [0.1, 0.15) is 56.3 Å². The highest BCUT2D eigenvalue weighted by Gasteiger charge is 2.69. The van der Waals surface area contributed by atoms with Gasteiger partial charge in [-0.15, -0.1) is 0 Å².